The zero-order chi connectivity index (χ0) is 3.54. The van der Waals surface area contributed by atoms with E-state index in [1.54, 1.807) is 0 Å². The zero-order valence-corrected chi connectivity index (χ0v) is 3.38. The summed E-state index contributed by atoms with van der Waals surface area (Å²) in [6.07, 6.45) is 1.84. The molecule has 1 aliphatic rings. The average molecular weight is 85.1 g/mol. The molecule has 26 valence electrons. The number of hydrogen-bond acceptors (Lipinski definition) is 2. The molecule has 2 heteroatoms. The van der Waals surface area contributed by atoms with Gasteiger partial charge < -0.3 is 0 Å². The molecule has 1 rings (SSSR count). The maximum absolute atomic E-state index is 2.78. The van der Waals surface area contributed by atoms with Gasteiger partial charge in [0.25, 0.3) is 0 Å². The topological polar surface area (TPSA) is 12.0 Å². The SMILES string of the molecule is [C]1C=CSN1. The van der Waals surface area contributed by atoms with Crippen LogP contribution in [0.1, 0.15) is 0 Å². The van der Waals surface area contributed by atoms with Gasteiger partial charge in [0.15, 0.2) is 0 Å². The molecule has 0 atom stereocenters. The van der Waals surface area contributed by atoms with Crippen LogP contribution in [0.15, 0.2) is 11.5 Å². The molecule has 0 fully saturated rings. The highest BCUT2D eigenvalue weighted by molar-refractivity contribution is 8.00. The van der Waals surface area contributed by atoms with E-state index in [1.807, 2.05) is 11.5 Å². The first kappa shape index (κ1) is 3.25. The van der Waals surface area contributed by atoms with Crippen LogP contribution < -0.4 is 4.72 Å². The third-order valence-electron chi connectivity index (χ3n) is 0.337. The van der Waals surface area contributed by atoms with Gasteiger partial charge in [0.1, 0.15) is 0 Å². The number of hydrogen-bond donors (Lipinski definition) is 1. The van der Waals surface area contributed by atoms with Crippen molar-refractivity contribution in [2.24, 2.45) is 0 Å². The van der Waals surface area contributed by atoms with E-state index in [9.17, 15) is 0 Å². The second-order valence-electron chi connectivity index (χ2n) is 0.667. The van der Waals surface area contributed by atoms with Crippen LogP contribution >= 0.6 is 11.9 Å². The molecular formula is C3H3NS. The number of rotatable bonds is 0. The Balaban J connectivity index is 2.32. The summed E-state index contributed by atoms with van der Waals surface area (Å²) in [5, 5.41) is 1.93. The Bertz CT molecular complexity index is 44.9. The molecule has 0 aliphatic carbocycles. The van der Waals surface area contributed by atoms with Crippen LogP contribution in [0, 0.1) is 6.54 Å². The molecule has 1 aliphatic heterocycles. The normalized spacial score (nSPS) is 20.8. The van der Waals surface area contributed by atoms with Crippen LogP contribution in [0.3, 0.4) is 0 Å². The van der Waals surface area contributed by atoms with E-state index >= 15 is 0 Å². The Kier molecular flexibility index (Phi) is 0.960. The lowest BCUT2D eigenvalue weighted by Gasteiger charge is -1.74. The van der Waals surface area contributed by atoms with E-state index in [2.05, 4.69) is 11.3 Å². The summed E-state index contributed by atoms with van der Waals surface area (Å²) >= 11 is 1.53. The van der Waals surface area contributed by atoms with Gasteiger partial charge in [-0.05, 0) is 5.41 Å². The van der Waals surface area contributed by atoms with Gasteiger partial charge in [0.2, 0.25) is 0 Å². The first-order valence-electron chi connectivity index (χ1n) is 1.31. The monoisotopic (exact) mass is 85.0 g/mol. The highest BCUT2D eigenvalue weighted by Crippen LogP contribution is 2.02. The van der Waals surface area contributed by atoms with E-state index in [-0.39, 0.29) is 0 Å². The largest absolute Gasteiger partial charge is 0.246 e. The van der Waals surface area contributed by atoms with Crippen LogP contribution in [-0.2, 0) is 0 Å². The smallest absolute Gasteiger partial charge is 0.0969 e. The van der Waals surface area contributed by atoms with E-state index < -0.39 is 0 Å². The van der Waals surface area contributed by atoms with Gasteiger partial charge in [-0.3, -0.25) is 0 Å². The lowest BCUT2D eigenvalue weighted by molar-refractivity contribution is 1.33. The molecule has 0 unspecified atom stereocenters. The van der Waals surface area contributed by atoms with E-state index in [0.29, 0.717) is 0 Å². The molecule has 1 nitrogen and oxygen atoms in total. The fourth-order valence-electron chi connectivity index (χ4n) is 0.170. The second-order valence-corrected chi connectivity index (χ2v) is 1.38. The molecular weight excluding hydrogens is 82.1 g/mol. The minimum atomic E-state index is 1.53. The first-order chi connectivity index (χ1) is 2.50. The molecule has 1 heterocycles. The van der Waals surface area contributed by atoms with Crippen molar-refractivity contribution in [2.45, 2.75) is 0 Å². The highest BCUT2D eigenvalue weighted by atomic mass is 32.2. The molecule has 0 amide bonds. The Hall–Kier alpha value is 0.0500. The summed E-state index contributed by atoms with van der Waals surface area (Å²) in [7, 11) is 0. The zero-order valence-electron chi connectivity index (χ0n) is 2.56. The van der Waals surface area contributed by atoms with E-state index in [0.717, 1.165) is 0 Å². The molecule has 0 aromatic carbocycles. The van der Waals surface area contributed by atoms with Crippen molar-refractivity contribution < 1.29 is 0 Å². The van der Waals surface area contributed by atoms with Crippen molar-refractivity contribution in [3.05, 3.63) is 18.0 Å². The minimum absolute atomic E-state index is 1.53. The van der Waals surface area contributed by atoms with Crippen molar-refractivity contribution in [2.75, 3.05) is 0 Å². The van der Waals surface area contributed by atoms with Crippen LogP contribution in [0.5, 0.6) is 0 Å². The molecule has 0 bridgehead atoms. The van der Waals surface area contributed by atoms with Gasteiger partial charge in [-0.1, -0.05) is 18.0 Å². The Morgan fingerprint density at radius 2 is 2.80 bits per heavy atom. The van der Waals surface area contributed by atoms with Crippen molar-refractivity contribution in [1.82, 2.24) is 4.72 Å². The Labute approximate surface area is 35.6 Å². The van der Waals surface area contributed by atoms with Gasteiger partial charge in [-0.2, -0.15) is 0 Å². The summed E-state index contributed by atoms with van der Waals surface area (Å²) in [6, 6.07) is 0. The van der Waals surface area contributed by atoms with Gasteiger partial charge in [-0.25, -0.2) is 4.72 Å². The Morgan fingerprint density at radius 1 is 1.80 bits per heavy atom. The standard InChI is InChI=1S/C3H3NS/c1-2-4-5-3-1/h1,3-4H. The van der Waals surface area contributed by atoms with Crippen LogP contribution in [0.4, 0.5) is 0 Å². The summed E-state index contributed by atoms with van der Waals surface area (Å²) in [5.41, 5.74) is 0. The van der Waals surface area contributed by atoms with Gasteiger partial charge in [0, 0.05) is 0 Å². The van der Waals surface area contributed by atoms with Gasteiger partial charge >= 0.3 is 0 Å². The van der Waals surface area contributed by atoms with Crippen molar-refractivity contribution in [3.8, 4) is 0 Å². The summed E-state index contributed by atoms with van der Waals surface area (Å²) in [6.45, 7) is 2.75. The maximum Gasteiger partial charge on any atom is 0.0969 e. The fraction of sp³-hybridized carbons (Fsp3) is 0. The predicted molar refractivity (Wildman–Crippen MR) is 23.1 cm³/mol. The molecule has 0 aromatic rings. The van der Waals surface area contributed by atoms with E-state index in [1.165, 1.54) is 11.9 Å². The molecule has 0 saturated carbocycles. The quantitative estimate of drug-likeness (QED) is 0.436. The highest BCUT2D eigenvalue weighted by Gasteiger charge is 1.84. The van der Waals surface area contributed by atoms with Gasteiger partial charge in [-0.15, -0.1) is 0 Å². The van der Waals surface area contributed by atoms with Crippen LogP contribution in [0.25, 0.3) is 0 Å². The fourth-order valence-corrected chi connectivity index (χ4v) is 0.510. The average Bonchev–Trinajstić information content (AvgIpc) is 1.76. The van der Waals surface area contributed by atoms with Gasteiger partial charge in [0.05, 0.1) is 6.54 Å². The second kappa shape index (κ2) is 1.48. The lowest BCUT2D eigenvalue weighted by Crippen LogP contribution is -1.84. The first-order valence-corrected chi connectivity index (χ1v) is 2.19. The van der Waals surface area contributed by atoms with Crippen LogP contribution in [0.2, 0.25) is 0 Å². The third kappa shape index (κ3) is 0.667. The molecule has 0 saturated heterocycles. The minimum Gasteiger partial charge on any atom is -0.246 e. The molecule has 0 spiro atoms. The molecule has 0 aromatic heterocycles. The van der Waals surface area contributed by atoms with Crippen LogP contribution in [-0.4, -0.2) is 0 Å². The predicted octanol–water partition coefficient (Wildman–Crippen LogP) is 0.790. The Morgan fingerprint density at radius 3 is 3.00 bits per heavy atom. The number of nitrogens with one attached hydrogen (secondary N) is 1. The van der Waals surface area contributed by atoms with Crippen molar-refractivity contribution >= 4 is 11.9 Å². The summed E-state index contributed by atoms with van der Waals surface area (Å²) in [5.74, 6) is 0. The maximum atomic E-state index is 2.78. The van der Waals surface area contributed by atoms with Crippen molar-refractivity contribution in [3.63, 3.8) is 0 Å². The molecule has 1 N–H and O–H groups in total. The summed E-state index contributed by atoms with van der Waals surface area (Å²) in [4.78, 5) is 0. The van der Waals surface area contributed by atoms with Crippen molar-refractivity contribution in [1.29, 1.82) is 0 Å². The molecule has 2 radical (unpaired) electrons. The lowest BCUT2D eigenvalue weighted by atomic mass is 10.7. The third-order valence-corrected chi connectivity index (χ3v) is 0.845. The van der Waals surface area contributed by atoms with E-state index in [4.69, 9.17) is 0 Å². The summed E-state index contributed by atoms with van der Waals surface area (Å²) < 4.78 is 2.78. The molecule has 5 heavy (non-hydrogen) atoms.